The maximum Gasteiger partial charge on any atom is 0.255 e. The lowest BCUT2D eigenvalue weighted by atomic mass is 10.1. The van der Waals surface area contributed by atoms with Crippen molar-refractivity contribution >= 4 is 28.9 Å². The van der Waals surface area contributed by atoms with E-state index in [1.165, 1.54) is 29.0 Å². The topological polar surface area (TPSA) is 121 Å². The molecule has 11 heteroatoms. The number of rotatable bonds is 7. The molecule has 3 heterocycles. The van der Waals surface area contributed by atoms with Gasteiger partial charge in [-0.3, -0.25) is 14.0 Å². The number of nitrogens with one attached hydrogen (secondary N) is 1. The van der Waals surface area contributed by atoms with E-state index in [9.17, 15) is 19.4 Å². The average Bonchev–Trinajstić information content (AvgIpc) is 3.16. The van der Waals surface area contributed by atoms with Crippen molar-refractivity contribution in [3.05, 3.63) is 93.7 Å². The predicted molar refractivity (Wildman–Crippen MR) is 124 cm³/mol. The van der Waals surface area contributed by atoms with Crippen LogP contribution in [0.3, 0.4) is 0 Å². The van der Waals surface area contributed by atoms with Gasteiger partial charge in [0, 0.05) is 42.3 Å². The Kier molecular flexibility index (Phi) is 6.71. The predicted octanol–water partition coefficient (Wildman–Crippen LogP) is 3.11. The lowest BCUT2D eigenvalue weighted by Crippen LogP contribution is -2.18. The fourth-order valence-corrected chi connectivity index (χ4v) is 3.43. The maximum atomic E-state index is 13.9. The third kappa shape index (κ3) is 4.82. The quantitative estimate of drug-likeness (QED) is 0.389. The summed E-state index contributed by atoms with van der Waals surface area (Å²) in [6, 6.07) is 8.61. The number of hydrogen-bond donors (Lipinski definition) is 2. The van der Waals surface area contributed by atoms with Crippen molar-refractivity contribution in [1.82, 2.24) is 24.3 Å². The Labute approximate surface area is 198 Å². The second-order valence-electron chi connectivity index (χ2n) is 7.25. The van der Waals surface area contributed by atoms with E-state index in [2.05, 4.69) is 20.4 Å². The molecular formula is C23H19ClFN6O3-. The van der Waals surface area contributed by atoms with Crippen molar-refractivity contribution in [2.45, 2.75) is 13.5 Å². The highest BCUT2D eigenvalue weighted by atomic mass is 35.5. The van der Waals surface area contributed by atoms with Crippen LogP contribution < -0.4 is 16.0 Å². The molecule has 1 aromatic carbocycles. The summed E-state index contributed by atoms with van der Waals surface area (Å²) in [7, 11) is 0. The van der Waals surface area contributed by atoms with Crippen molar-refractivity contribution in [1.29, 1.82) is 0 Å². The molecule has 0 aliphatic carbocycles. The molecule has 0 fully saturated rings. The first kappa shape index (κ1) is 23.1. The highest BCUT2D eigenvalue weighted by molar-refractivity contribution is 6.30. The van der Waals surface area contributed by atoms with Crippen LogP contribution in [0.15, 0.2) is 66.0 Å². The summed E-state index contributed by atoms with van der Waals surface area (Å²) in [6.45, 7) is 1.77. The van der Waals surface area contributed by atoms with Gasteiger partial charge in [0.15, 0.2) is 0 Å². The number of aryl methyl sites for hydroxylation is 1. The van der Waals surface area contributed by atoms with Crippen molar-refractivity contribution in [2.75, 3.05) is 11.9 Å². The first-order valence-electron chi connectivity index (χ1n) is 10.1. The molecule has 0 saturated carbocycles. The molecule has 0 aliphatic rings. The molecule has 2 N–H and O–H groups in total. The number of halogens is 2. The van der Waals surface area contributed by atoms with Crippen molar-refractivity contribution in [2.24, 2.45) is 0 Å². The second kappa shape index (κ2) is 9.86. The summed E-state index contributed by atoms with van der Waals surface area (Å²) in [5.74, 6) is -0.378. The van der Waals surface area contributed by atoms with Crippen molar-refractivity contribution in [3.63, 3.8) is 0 Å². The van der Waals surface area contributed by atoms with Crippen LogP contribution in [-0.4, -0.2) is 36.0 Å². The van der Waals surface area contributed by atoms with E-state index < -0.39 is 11.4 Å². The summed E-state index contributed by atoms with van der Waals surface area (Å²) in [6.07, 6.45) is 5.43. The minimum absolute atomic E-state index is 0.0649. The van der Waals surface area contributed by atoms with Gasteiger partial charge in [0.2, 0.25) is 5.95 Å². The van der Waals surface area contributed by atoms with E-state index in [1.807, 2.05) is 0 Å². The van der Waals surface area contributed by atoms with Gasteiger partial charge in [-0.15, -0.1) is 6.61 Å². The largest absolute Gasteiger partial charge is 0.853 e. The van der Waals surface area contributed by atoms with Crippen molar-refractivity contribution in [3.8, 4) is 11.3 Å². The molecule has 0 atom stereocenters. The molecule has 3 aromatic heterocycles. The Morgan fingerprint density at radius 3 is 2.82 bits per heavy atom. The normalized spacial score (nSPS) is 11.6. The average molecular weight is 482 g/mol. The fourth-order valence-electron chi connectivity index (χ4n) is 3.32. The zero-order valence-electron chi connectivity index (χ0n) is 17.9. The van der Waals surface area contributed by atoms with E-state index in [0.29, 0.717) is 28.6 Å². The molecule has 0 saturated heterocycles. The molecule has 34 heavy (non-hydrogen) atoms. The third-order valence-electron chi connectivity index (χ3n) is 4.98. The van der Waals surface area contributed by atoms with Gasteiger partial charge in [0.1, 0.15) is 12.1 Å². The van der Waals surface area contributed by atoms with Crippen LogP contribution in [0.5, 0.6) is 0 Å². The van der Waals surface area contributed by atoms with Gasteiger partial charge in [-0.05, 0) is 31.2 Å². The molecule has 9 nitrogen and oxygen atoms in total. The standard InChI is InChI=1S/C23H19ClFN6O3/c1-14-20(12-30(29-14)8-9-32)28-23-26-6-4-19(27-23)15-5-7-31(22(34)11-15)21(13-33)16-2-3-17(24)18(25)10-16/h2-7,10-13,33H,8-9H2,1H3,(H,26,27,28)/q-1/b21-13+. The number of aromatic nitrogens is 5. The van der Waals surface area contributed by atoms with Gasteiger partial charge in [-0.1, -0.05) is 17.7 Å². The van der Waals surface area contributed by atoms with Crippen LogP contribution in [0.1, 0.15) is 11.3 Å². The van der Waals surface area contributed by atoms with Crippen LogP contribution in [0, 0.1) is 12.7 Å². The minimum atomic E-state index is -0.669. The zero-order valence-corrected chi connectivity index (χ0v) is 18.7. The highest BCUT2D eigenvalue weighted by Crippen LogP contribution is 2.23. The Morgan fingerprint density at radius 2 is 2.12 bits per heavy atom. The van der Waals surface area contributed by atoms with Crippen molar-refractivity contribution < 1.29 is 14.6 Å². The van der Waals surface area contributed by atoms with Crippen LogP contribution in [0.25, 0.3) is 17.0 Å². The minimum Gasteiger partial charge on any atom is -0.853 e. The molecular weight excluding hydrogens is 463 g/mol. The Bertz CT molecular complexity index is 1430. The zero-order chi connectivity index (χ0) is 24.2. The van der Waals surface area contributed by atoms with E-state index in [4.69, 9.17) is 11.6 Å². The number of hydrogen-bond acceptors (Lipinski definition) is 7. The Balaban J connectivity index is 1.62. The van der Waals surface area contributed by atoms with Gasteiger partial charge >= 0.3 is 0 Å². The molecule has 0 radical (unpaired) electrons. The van der Waals surface area contributed by atoms with E-state index >= 15 is 0 Å². The first-order chi connectivity index (χ1) is 16.4. The summed E-state index contributed by atoms with van der Waals surface area (Å²) < 4.78 is 16.6. The molecule has 0 unspecified atom stereocenters. The molecule has 0 bridgehead atoms. The van der Waals surface area contributed by atoms with Gasteiger partial charge in [-0.2, -0.15) is 5.10 Å². The number of benzene rings is 1. The fraction of sp³-hybridized carbons (Fsp3) is 0.130. The Morgan fingerprint density at radius 1 is 1.29 bits per heavy atom. The lowest BCUT2D eigenvalue weighted by molar-refractivity contribution is -0.370. The Hall–Kier alpha value is -4.02. The smallest absolute Gasteiger partial charge is 0.255 e. The van der Waals surface area contributed by atoms with Gasteiger partial charge in [0.05, 0.1) is 27.8 Å². The number of nitrogens with zero attached hydrogens (tertiary/aromatic N) is 5. The van der Waals surface area contributed by atoms with E-state index in [-0.39, 0.29) is 29.4 Å². The maximum absolute atomic E-state index is 13.9. The van der Waals surface area contributed by atoms with Crippen LogP contribution >= 0.6 is 11.6 Å². The van der Waals surface area contributed by atoms with Crippen LogP contribution in [-0.2, 0) is 6.54 Å². The SMILES string of the molecule is Cc1nn(CC[O-])cc1Nc1nccc(-c2ccn(/C(=C/O)c3ccc(Cl)c(F)c3)c(=O)c2)n1. The summed E-state index contributed by atoms with van der Waals surface area (Å²) >= 11 is 5.72. The summed E-state index contributed by atoms with van der Waals surface area (Å²) in [4.78, 5) is 21.5. The molecule has 0 amide bonds. The second-order valence-corrected chi connectivity index (χ2v) is 7.66. The van der Waals surface area contributed by atoms with Crippen LogP contribution in [0.4, 0.5) is 16.0 Å². The molecule has 4 rings (SSSR count). The number of aliphatic hydroxyl groups excluding tert-OH is 1. The van der Waals surface area contributed by atoms with Gasteiger partial charge in [0.25, 0.3) is 5.56 Å². The summed E-state index contributed by atoms with van der Waals surface area (Å²) in [5, 5.41) is 27.8. The highest BCUT2D eigenvalue weighted by Gasteiger charge is 2.12. The molecule has 174 valence electrons. The molecule has 0 aliphatic heterocycles. The molecule has 4 aromatic rings. The van der Waals surface area contributed by atoms with Gasteiger partial charge in [-0.25, -0.2) is 14.4 Å². The van der Waals surface area contributed by atoms with Gasteiger partial charge < -0.3 is 15.5 Å². The monoisotopic (exact) mass is 481 g/mol. The third-order valence-corrected chi connectivity index (χ3v) is 5.29. The molecule has 0 spiro atoms. The van der Waals surface area contributed by atoms with E-state index in [1.54, 1.807) is 36.1 Å². The number of anilines is 2. The lowest BCUT2D eigenvalue weighted by Gasteiger charge is -2.11. The first-order valence-corrected chi connectivity index (χ1v) is 10.5. The number of aliphatic hydroxyl groups is 1. The number of pyridine rings is 1. The summed E-state index contributed by atoms with van der Waals surface area (Å²) in [5.41, 5.74) is 2.25. The van der Waals surface area contributed by atoms with Crippen LogP contribution in [0.2, 0.25) is 5.02 Å². The van der Waals surface area contributed by atoms with E-state index in [0.717, 1.165) is 12.3 Å².